The van der Waals surface area contributed by atoms with Crippen molar-refractivity contribution in [3.8, 4) is 5.75 Å². The molecule has 0 saturated heterocycles. The van der Waals surface area contributed by atoms with E-state index in [-0.39, 0.29) is 12.3 Å². The lowest BCUT2D eigenvalue weighted by atomic mass is 10.2. The van der Waals surface area contributed by atoms with E-state index in [1.165, 1.54) is 0 Å². The second-order valence-electron chi connectivity index (χ2n) is 5.12. The van der Waals surface area contributed by atoms with Crippen molar-refractivity contribution >= 4 is 17.6 Å². The largest absolute Gasteiger partial charge is 0.482 e. The third kappa shape index (κ3) is 5.87. The zero-order chi connectivity index (χ0) is 18.2. The maximum atomic E-state index is 13.4. The predicted molar refractivity (Wildman–Crippen MR) is 87.3 cm³/mol. The Bertz CT molecular complexity index is 747. The summed E-state index contributed by atoms with van der Waals surface area (Å²) in [6.45, 7) is 1.02. The predicted octanol–water partition coefficient (Wildman–Crippen LogP) is 3.09. The van der Waals surface area contributed by atoms with E-state index in [4.69, 9.17) is 9.47 Å². The average Bonchev–Trinajstić information content (AvgIpc) is 2.61. The Labute approximate surface area is 143 Å². The van der Waals surface area contributed by atoms with E-state index in [1.807, 2.05) is 19.1 Å². The molecule has 2 rings (SSSR count). The molecule has 0 bridgehead atoms. The monoisotopic (exact) mass is 349 g/mol. The van der Waals surface area contributed by atoms with Gasteiger partial charge in [-0.25, -0.2) is 13.6 Å². The van der Waals surface area contributed by atoms with Crippen molar-refractivity contribution in [2.24, 2.45) is 0 Å². The van der Waals surface area contributed by atoms with Crippen LogP contribution in [0.25, 0.3) is 0 Å². The van der Waals surface area contributed by atoms with E-state index in [2.05, 4.69) is 5.32 Å². The molecule has 2 aromatic rings. The minimum absolute atomic E-state index is 0.326. The molecule has 0 heterocycles. The number of carbonyl (C=O) groups excluding carboxylic acids is 2. The lowest BCUT2D eigenvalue weighted by Crippen LogP contribution is -2.24. The summed E-state index contributed by atoms with van der Waals surface area (Å²) in [6, 6.07) is 9.85. The molecule has 0 atom stereocenters. The number of hydrogen-bond acceptors (Lipinski definition) is 4. The van der Waals surface area contributed by atoms with Gasteiger partial charge in [0, 0.05) is 6.07 Å². The number of nitrogens with one attached hydrogen (secondary N) is 1. The lowest BCUT2D eigenvalue weighted by Gasteiger charge is -2.09. The van der Waals surface area contributed by atoms with Crippen molar-refractivity contribution < 1.29 is 27.8 Å². The number of hydrogen-bond donors (Lipinski definition) is 1. The molecule has 25 heavy (non-hydrogen) atoms. The summed E-state index contributed by atoms with van der Waals surface area (Å²) < 4.78 is 36.3. The average molecular weight is 349 g/mol. The molecule has 5 nitrogen and oxygen atoms in total. The number of anilines is 1. The van der Waals surface area contributed by atoms with E-state index in [9.17, 15) is 18.4 Å². The Morgan fingerprint density at radius 3 is 2.44 bits per heavy atom. The van der Waals surface area contributed by atoms with Crippen LogP contribution >= 0.6 is 0 Å². The first-order chi connectivity index (χ1) is 12.0. The topological polar surface area (TPSA) is 64.6 Å². The van der Waals surface area contributed by atoms with Gasteiger partial charge in [0.15, 0.2) is 13.2 Å². The molecular weight excluding hydrogens is 332 g/mol. The number of ether oxygens (including phenoxy) is 2. The molecule has 0 fully saturated rings. The van der Waals surface area contributed by atoms with Crippen molar-refractivity contribution in [2.75, 3.05) is 18.5 Å². The summed E-state index contributed by atoms with van der Waals surface area (Å²) >= 11 is 0. The normalized spacial score (nSPS) is 10.2. The summed E-state index contributed by atoms with van der Waals surface area (Å²) in [4.78, 5) is 23.2. The smallest absolute Gasteiger partial charge is 0.344 e. The second-order valence-corrected chi connectivity index (χ2v) is 5.12. The third-order valence-electron chi connectivity index (χ3n) is 3.26. The highest BCUT2D eigenvalue weighted by Gasteiger charge is 2.11. The van der Waals surface area contributed by atoms with E-state index in [0.717, 1.165) is 30.2 Å². The molecule has 0 aliphatic heterocycles. The maximum Gasteiger partial charge on any atom is 0.344 e. The van der Waals surface area contributed by atoms with E-state index < -0.39 is 30.1 Å². The molecule has 1 N–H and O–H groups in total. The molecule has 132 valence electrons. The Morgan fingerprint density at radius 2 is 1.76 bits per heavy atom. The van der Waals surface area contributed by atoms with Gasteiger partial charge in [-0.3, -0.25) is 4.79 Å². The minimum Gasteiger partial charge on any atom is -0.482 e. The van der Waals surface area contributed by atoms with Gasteiger partial charge in [0.2, 0.25) is 0 Å². The first-order valence-corrected chi connectivity index (χ1v) is 7.60. The summed E-state index contributed by atoms with van der Waals surface area (Å²) in [7, 11) is 0. The second kappa shape index (κ2) is 8.77. The highest BCUT2D eigenvalue weighted by molar-refractivity contribution is 5.92. The van der Waals surface area contributed by atoms with Crippen LogP contribution in [0.1, 0.15) is 12.5 Å². The number of rotatable bonds is 7. The van der Waals surface area contributed by atoms with Crippen LogP contribution in [0.3, 0.4) is 0 Å². The number of esters is 1. The van der Waals surface area contributed by atoms with Crippen molar-refractivity contribution in [2.45, 2.75) is 13.3 Å². The molecule has 0 radical (unpaired) electrons. The van der Waals surface area contributed by atoms with Crippen LogP contribution in [0.4, 0.5) is 14.5 Å². The van der Waals surface area contributed by atoms with E-state index in [1.54, 1.807) is 12.1 Å². The van der Waals surface area contributed by atoms with Crippen LogP contribution in [-0.4, -0.2) is 25.1 Å². The Balaban J connectivity index is 1.75. The highest BCUT2D eigenvalue weighted by Crippen LogP contribution is 2.15. The number of halogens is 2. The minimum atomic E-state index is -0.792. The standard InChI is InChI=1S/C18H17F2NO4/c1-2-12-3-6-14(7-4-12)24-11-18(23)25-10-17(22)21-16-9-13(19)5-8-15(16)20/h3-9H,2,10-11H2,1H3,(H,21,22). The Hall–Kier alpha value is -2.96. The van der Waals surface area contributed by atoms with Gasteiger partial charge in [-0.15, -0.1) is 0 Å². The fraction of sp³-hybridized carbons (Fsp3) is 0.222. The third-order valence-corrected chi connectivity index (χ3v) is 3.26. The van der Waals surface area contributed by atoms with Crippen molar-refractivity contribution in [3.05, 3.63) is 59.7 Å². The van der Waals surface area contributed by atoms with Crippen LogP contribution in [0, 0.1) is 11.6 Å². The van der Waals surface area contributed by atoms with Crippen LogP contribution in [0.5, 0.6) is 5.75 Å². The molecule has 0 aliphatic carbocycles. The van der Waals surface area contributed by atoms with E-state index >= 15 is 0 Å². The van der Waals surface area contributed by atoms with Gasteiger partial charge in [-0.1, -0.05) is 19.1 Å². The summed E-state index contributed by atoms with van der Waals surface area (Å²) in [6.07, 6.45) is 0.892. The van der Waals surface area contributed by atoms with Crippen LogP contribution in [-0.2, 0) is 20.7 Å². The first kappa shape index (κ1) is 18.4. The Kier molecular flexibility index (Phi) is 6.45. The molecule has 0 aliphatic rings. The van der Waals surface area contributed by atoms with Gasteiger partial charge < -0.3 is 14.8 Å². The van der Waals surface area contributed by atoms with Gasteiger partial charge in [0.25, 0.3) is 5.91 Å². The first-order valence-electron chi connectivity index (χ1n) is 7.60. The molecular formula is C18H17F2NO4. The number of carbonyl (C=O) groups is 2. The number of amides is 1. The van der Waals surface area contributed by atoms with Crippen LogP contribution in [0.2, 0.25) is 0 Å². The van der Waals surface area contributed by atoms with Crippen molar-refractivity contribution in [3.63, 3.8) is 0 Å². The van der Waals surface area contributed by atoms with Crippen molar-refractivity contribution in [1.29, 1.82) is 0 Å². The SMILES string of the molecule is CCc1ccc(OCC(=O)OCC(=O)Nc2cc(F)ccc2F)cc1. The fourth-order valence-corrected chi connectivity index (χ4v) is 1.93. The zero-order valence-electron chi connectivity index (χ0n) is 13.6. The van der Waals surface area contributed by atoms with Crippen molar-refractivity contribution in [1.82, 2.24) is 0 Å². The summed E-state index contributed by atoms with van der Waals surface area (Å²) in [5, 5.41) is 2.12. The van der Waals surface area contributed by atoms with E-state index in [0.29, 0.717) is 5.75 Å². The van der Waals surface area contributed by atoms with Gasteiger partial charge in [-0.2, -0.15) is 0 Å². The molecule has 0 unspecified atom stereocenters. The quantitative estimate of drug-likeness (QED) is 0.780. The molecule has 2 aromatic carbocycles. The van der Waals surface area contributed by atoms with Crippen LogP contribution < -0.4 is 10.1 Å². The molecule has 0 spiro atoms. The molecule has 1 amide bonds. The number of aryl methyl sites for hydroxylation is 1. The molecule has 7 heteroatoms. The Morgan fingerprint density at radius 1 is 1.04 bits per heavy atom. The molecule has 0 aromatic heterocycles. The van der Waals surface area contributed by atoms with Gasteiger partial charge in [0.1, 0.15) is 17.4 Å². The van der Waals surface area contributed by atoms with Crippen LogP contribution in [0.15, 0.2) is 42.5 Å². The highest BCUT2D eigenvalue weighted by atomic mass is 19.1. The maximum absolute atomic E-state index is 13.4. The van der Waals surface area contributed by atoms with Gasteiger partial charge in [-0.05, 0) is 36.2 Å². The molecule has 0 saturated carbocycles. The van der Waals surface area contributed by atoms with Gasteiger partial charge in [0.05, 0.1) is 5.69 Å². The van der Waals surface area contributed by atoms with Gasteiger partial charge >= 0.3 is 5.97 Å². The number of benzene rings is 2. The summed E-state index contributed by atoms with van der Waals surface area (Å²) in [5.74, 6) is -2.53. The zero-order valence-corrected chi connectivity index (χ0v) is 13.6. The fourth-order valence-electron chi connectivity index (χ4n) is 1.93. The lowest BCUT2D eigenvalue weighted by molar-refractivity contribution is -0.149. The summed E-state index contributed by atoms with van der Waals surface area (Å²) in [5.41, 5.74) is 0.810.